The summed E-state index contributed by atoms with van der Waals surface area (Å²) in [6.45, 7) is 7.33. The Balaban J connectivity index is 1.82. The van der Waals surface area contributed by atoms with Gasteiger partial charge in [-0.1, -0.05) is 6.07 Å². The minimum Gasteiger partial charge on any atom is -0.466 e. The molecular formula is C17H20N4O3. The Kier molecular flexibility index (Phi) is 3.79. The molecule has 0 saturated heterocycles. The van der Waals surface area contributed by atoms with Crippen molar-refractivity contribution in [3.8, 4) is 5.75 Å². The van der Waals surface area contributed by atoms with Crippen molar-refractivity contribution in [2.24, 2.45) is 0 Å². The van der Waals surface area contributed by atoms with Gasteiger partial charge in [0.2, 0.25) is 0 Å². The molecule has 2 heterocycles. The number of rotatable bonds is 3. The number of amides is 2. The van der Waals surface area contributed by atoms with E-state index in [2.05, 4.69) is 15.7 Å². The van der Waals surface area contributed by atoms with Crippen LogP contribution in [-0.2, 0) is 9.59 Å². The number of carbonyl (C=O) groups is 2. The van der Waals surface area contributed by atoms with E-state index < -0.39 is 17.4 Å². The van der Waals surface area contributed by atoms with Crippen LogP contribution >= 0.6 is 0 Å². The number of aromatic nitrogens is 2. The standard InChI is InChI=1S/C17H20N4O3/c1-10(2)21-9-12(8-18-21)19-15(22)17(4)16(23)20-13-7-11(3)5-6-14(13)24-17/h5-10H,1-4H3,(H,19,22)(H,20,23)/t17-/m1/s1. The maximum atomic E-state index is 12.6. The van der Waals surface area contributed by atoms with Gasteiger partial charge in [0.25, 0.3) is 17.4 Å². The van der Waals surface area contributed by atoms with Crippen molar-refractivity contribution in [2.75, 3.05) is 10.6 Å². The molecule has 2 amide bonds. The van der Waals surface area contributed by atoms with Gasteiger partial charge in [-0.2, -0.15) is 5.10 Å². The van der Waals surface area contributed by atoms with E-state index in [1.807, 2.05) is 26.8 Å². The molecule has 0 radical (unpaired) electrons. The van der Waals surface area contributed by atoms with Gasteiger partial charge in [-0.3, -0.25) is 14.3 Å². The molecule has 126 valence electrons. The van der Waals surface area contributed by atoms with Crippen LogP contribution in [0.2, 0.25) is 0 Å². The maximum absolute atomic E-state index is 12.6. The van der Waals surface area contributed by atoms with E-state index in [4.69, 9.17) is 4.74 Å². The molecule has 7 nitrogen and oxygen atoms in total. The van der Waals surface area contributed by atoms with Gasteiger partial charge in [0.15, 0.2) is 0 Å². The van der Waals surface area contributed by atoms with E-state index in [-0.39, 0.29) is 6.04 Å². The second-order valence-electron chi connectivity index (χ2n) is 6.35. The van der Waals surface area contributed by atoms with Gasteiger partial charge in [-0.15, -0.1) is 0 Å². The molecule has 24 heavy (non-hydrogen) atoms. The quantitative estimate of drug-likeness (QED) is 0.848. The van der Waals surface area contributed by atoms with Crippen molar-refractivity contribution in [3.63, 3.8) is 0 Å². The van der Waals surface area contributed by atoms with Crippen LogP contribution in [0.4, 0.5) is 11.4 Å². The summed E-state index contributed by atoms with van der Waals surface area (Å²) in [6.07, 6.45) is 3.25. The average molecular weight is 328 g/mol. The first-order valence-electron chi connectivity index (χ1n) is 7.76. The normalized spacial score (nSPS) is 19.5. The molecular weight excluding hydrogens is 308 g/mol. The zero-order valence-corrected chi connectivity index (χ0v) is 14.1. The molecule has 0 fully saturated rings. The molecule has 1 aromatic heterocycles. The first-order chi connectivity index (χ1) is 11.3. The first-order valence-corrected chi connectivity index (χ1v) is 7.76. The maximum Gasteiger partial charge on any atom is 0.278 e. The van der Waals surface area contributed by atoms with E-state index in [1.54, 1.807) is 29.2 Å². The Labute approximate surface area is 140 Å². The lowest BCUT2D eigenvalue weighted by Gasteiger charge is -2.33. The second-order valence-corrected chi connectivity index (χ2v) is 6.35. The lowest BCUT2D eigenvalue weighted by molar-refractivity contribution is -0.143. The Morgan fingerprint density at radius 3 is 2.83 bits per heavy atom. The minimum absolute atomic E-state index is 0.176. The number of benzene rings is 1. The largest absolute Gasteiger partial charge is 0.466 e. The molecule has 3 rings (SSSR count). The Morgan fingerprint density at radius 1 is 1.42 bits per heavy atom. The SMILES string of the molecule is Cc1ccc2c(c1)NC(=O)[C@@](C)(C(=O)Nc1cnn(C(C)C)c1)O2. The lowest BCUT2D eigenvalue weighted by atomic mass is 10.0. The fourth-order valence-corrected chi connectivity index (χ4v) is 2.42. The van der Waals surface area contributed by atoms with Crippen LogP contribution in [0.3, 0.4) is 0 Å². The van der Waals surface area contributed by atoms with Crippen LogP contribution in [0.25, 0.3) is 0 Å². The summed E-state index contributed by atoms with van der Waals surface area (Å²) in [5.74, 6) is -0.584. The number of aryl methyl sites for hydroxylation is 1. The van der Waals surface area contributed by atoms with E-state index in [9.17, 15) is 9.59 Å². The molecule has 2 aromatic rings. The number of fused-ring (bicyclic) bond motifs is 1. The van der Waals surface area contributed by atoms with Gasteiger partial charge < -0.3 is 15.4 Å². The average Bonchev–Trinajstić information content (AvgIpc) is 2.97. The summed E-state index contributed by atoms with van der Waals surface area (Å²) in [6, 6.07) is 5.58. The number of hydrogen-bond donors (Lipinski definition) is 2. The fraction of sp³-hybridized carbons (Fsp3) is 0.353. The molecule has 0 unspecified atom stereocenters. The van der Waals surface area contributed by atoms with Crippen LogP contribution in [0.1, 0.15) is 32.4 Å². The summed E-state index contributed by atoms with van der Waals surface area (Å²) in [5, 5.41) is 9.59. The number of carbonyl (C=O) groups excluding carboxylic acids is 2. The van der Waals surface area contributed by atoms with Crippen molar-refractivity contribution in [2.45, 2.75) is 39.3 Å². The van der Waals surface area contributed by atoms with Gasteiger partial charge in [0.05, 0.1) is 17.6 Å². The van der Waals surface area contributed by atoms with Crippen molar-refractivity contribution in [1.29, 1.82) is 0 Å². The van der Waals surface area contributed by atoms with Crippen LogP contribution in [-0.4, -0.2) is 27.2 Å². The highest BCUT2D eigenvalue weighted by molar-refractivity contribution is 6.18. The van der Waals surface area contributed by atoms with E-state index in [0.717, 1.165) is 5.56 Å². The third-order valence-corrected chi connectivity index (χ3v) is 3.95. The molecule has 1 atom stereocenters. The van der Waals surface area contributed by atoms with Crippen molar-refractivity contribution < 1.29 is 14.3 Å². The molecule has 1 aliphatic rings. The predicted octanol–water partition coefficient (Wildman–Crippen LogP) is 2.50. The molecule has 1 aromatic carbocycles. The number of nitrogens with one attached hydrogen (secondary N) is 2. The molecule has 0 aliphatic carbocycles. The molecule has 0 spiro atoms. The zero-order chi connectivity index (χ0) is 17.5. The topological polar surface area (TPSA) is 85.3 Å². The third-order valence-electron chi connectivity index (χ3n) is 3.95. The summed E-state index contributed by atoms with van der Waals surface area (Å²) in [5.41, 5.74) is 0.424. The fourth-order valence-electron chi connectivity index (χ4n) is 2.42. The Morgan fingerprint density at radius 2 is 2.17 bits per heavy atom. The summed E-state index contributed by atoms with van der Waals surface area (Å²) < 4.78 is 7.44. The van der Waals surface area contributed by atoms with Crippen LogP contribution in [0, 0.1) is 6.92 Å². The van der Waals surface area contributed by atoms with E-state index >= 15 is 0 Å². The molecule has 2 N–H and O–H groups in total. The van der Waals surface area contributed by atoms with Crippen molar-refractivity contribution in [3.05, 3.63) is 36.2 Å². The highest BCUT2D eigenvalue weighted by Crippen LogP contribution is 2.34. The van der Waals surface area contributed by atoms with Gasteiger partial charge in [-0.05, 0) is 45.4 Å². The Hall–Kier alpha value is -2.83. The second kappa shape index (κ2) is 5.67. The van der Waals surface area contributed by atoms with E-state index in [0.29, 0.717) is 17.1 Å². The number of ether oxygens (including phenoxy) is 1. The molecule has 1 aliphatic heterocycles. The number of hydrogen-bond acceptors (Lipinski definition) is 4. The Bertz CT molecular complexity index is 812. The van der Waals surface area contributed by atoms with E-state index in [1.165, 1.54) is 6.92 Å². The van der Waals surface area contributed by atoms with Gasteiger partial charge in [-0.25, -0.2) is 0 Å². The van der Waals surface area contributed by atoms with Crippen LogP contribution < -0.4 is 15.4 Å². The molecule has 0 bridgehead atoms. The van der Waals surface area contributed by atoms with Crippen LogP contribution in [0.15, 0.2) is 30.6 Å². The van der Waals surface area contributed by atoms with Crippen LogP contribution in [0.5, 0.6) is 5.75 Å². The molecule has 0 saturated carbocycles. The first kappa shape index (κ1) is 16.0. The third kappa shape index (κ3) is 2.73. The van der Waals surface area contributed by atoms with Crippen molar-refractivity contribution >= 4 is 23.2 Å². The van der Waals surface area contributed by atoms with Gasteiger partial charge >= 0.3 is 0 Å². The monoisotopic (exact) mass is 328 g/mol. The van der Waals surface area contributed by atoms with Gasteiger partial charge in [0.1, 0.15) is 5.75 Å². The number of anilines is 2. The number of nitrogens with zero attached hydrogens (tertiary/aromatic N) is 2. The summed E-state index contributed by atoms with van der Waals surface area (Å²) in [7, 11) is 0. The minimum atomic E-state index is -1.65. The molecule has 7 heteroatoms. The highest BCUT2D eigenvalue weighted by atomic mass is 16.5. The predicted molar refractivity (Wildman–Crippen MR) is 90.1 cm³/mol. The zero-order valence-electron chi connectivity index (χ0n) is 14.1. The smallest absolute Gasteiger partial charge is 0.278 e. The highest BCUT2D eigenvalue weighted by Gasteiger charge is 2.47. The lowest BCUT2D eigenvalue weighted by Crippen LogP contribution is -2.56. The summed E-state index contributed by atoms with van der Waals surface area (Å²) in [4.78, 5) is 25.0. The van der Waals surface area contributed by atoms with Crippen molar-refractivity contribution in [1.82, 2.24) is 9.78 Å². The van der Waals surface area contributed by atoms with Gasteiger partial charge in [0, 0.05) is 12.2 Å². The summed E-state index contributed by atoms with van der Waals surface area (Å²) >= 11 is 0.